The zero-order chi connectivity index (χ0) is 12.8. The van der Waals surface area contributed by atoms with Crippen molar-refractivity contribution in [1.29, 1.82) is 0 Å². The number of rotatable bonds is 5. The molecule has 4 nitrogen and oxygen atoms in total. The second-order valence-electron chi connectivity index (χ2n) is 5.61. The van der Waals surface area contributed by atoms with Crippen LogP contribution >= 0.6 is 0 Å². The van der Waals surface area contributed by atoms with Crippen molar-refractivity contribution in [3.8, 4) is 0 Å². The van der Waals surface area contributed by atoms with Gasteiger partial charge in [-0.2, -0.15) is 0 Å². The van der Waals surface area contributed by atoms with Crippen LogP contribution in [0.25, 0.3) is 0 Å². The molecule has 1 saturated heterocycles. The largest absolute Gasteiger partial charge is 0.353 e. The van der Waals surface area contributed by atoms with Gasteiger partial charge in [-0.05, 0) is 38.8 Å². The summed E-state index contributed by atoms with van der Waals surface area (Å²) in [5.74, 6) is 0.464. The smallest absolute Gasteiger partial charge is 0.236 e. The van der Waals surface area contributed by atoms with Gasteiger partial charge in [0, 0.05) is 12.6 Å². The van der Waals surface area contributed by atoms with Crippen molar-refractivity contribution in [3.63, 3.8) is 0 Å². The van der Waals surface area contributed by atoms with Gasteiger partial charge in [0.2, 0.25) is 5.91 Å². The van der Waals surface area contributed by atoms with Crippen molar-refractivity contribution in [3.05, 3.63) is 0 Å². The molecule has 4 heteroatoms. The van der Waals surface area contributed by atoms with Crippen LogP contribution in [-0.2, 0) is 4.79 Å². The fraction of sp³-hybridized carbons (Fsp3) is 0.923. The number of piperidine rings is 1. The highest BCUT2D eigenvalue weighted by atomic mass is 16.2. The summed E-state index contributed by atoms with van der Waals surface area (Å²) in [6.07, 6.45) is 4.47. The minimum atomic E-state index is -0.358. The maximum atomic E-state index is 11.8. The van der Waals surface area contributed by atoms with Gasteiger partial charge in [-0.25, -0.2) is 0 Å². The molecule has 17 heavy (non-hydrogen) atoms. The van der Waals surface area contributed by atoms with Crippen LogP contribution in [0.1, 0.15) is 39.5 Å². The highest BCUT2D eigenvalue weighted by Gasteiger charge is 2.21. The Balaban J connectivity index is 2.26. The van der Waals surface area contributed by atoms with Gasteiger partial charge in [-0.15, -0.1) is 0 Å². The minimum Gasteiger partial charge on any atom is -0.353 e. The lowest BCUT2D eigenvalue weighted by molar-refractivity contribution is -0.123. The molecule has 0 aromatic rings. The Kier molecular flexibility index (Phi) is 5.92. The number of nitrogens with zero attached hydrogens (tertiary/aromatic N) is 1. The third kappa shape index (κ3) is 5.04. The Bertz CT molecular complexity index is 243. The van der Waals surface area contributed by atoms with E-state index < -0.39 is 0 Å². The first-order valence-electron chi connectivity index (χ1n) is 6.74. The monoisotopic (exact) mass is 241 g/mol. The van der Waals surface area contributed by atoms with Crippen LogP contribution in [0, 0.1) is 5.92 Å². The molecule has 1 rings (SSSR count). The summed E-state index contributed by atoms with van der Waals surface area (Å²) in [6, 6.07) is 0.128. The van der Waals surface area contributed by atoms with Gasteiger partial charge in [0.1, 0.15) is 0 Å². The first-order valence-corrected chi connectivity index (χ1v) is 6.74. The zero-order valence-corrected chi connectivity index (χ0v) is 11.4. The Hall–Kier alpha value is -0.610. The molecule has 0 spiro atoms. The molecule has 3 N–H and O–H groups in total. The first-order chi connectivity index (χ1) is 8.00. The lowest BCUT2D eigenvalue weighted by Gasteiger charge is -2.32. The molecule has 0 radical (unpaired) electrons. The van der Waals surface area contributed by atoms with Crippen LogP contribution < -0.4 is 11.1 Å². The van der Waals surface area contributed by atoms with E-state index >= 15 is 0 Å². The molecule has 0 saturated carbocycles. The summed E-state index contributed by atoms with van der Waals surface area (Å²) in [5.41, 5.74) is 5.84. The zero-order valence-electron chi connectivity index (χ0n) is 11.4. The number of hydrogen-bond acceptors (Lipinski definition) is 3. The molecule has 1 aliphatic rings. The highest BCUT2D eigenvalue weighted by molar-refractivity contribution is 5.81. The Morgan fingerprint density at radius 1 is 1.47 bits per heavy atom. The van der Waals surface area contributed by atoms with Crippen molar-refractivity contribution < 1.29 is 4.79 Å². The van der Waals surface area contributed by atoms with E-state index in [4.69, 9.17) is 5.73 Å². The number of carbonyl (C=O) groups is 1. The van der Waals surface area contributed by atoms with Crippen molar-refractivity contribution >= 4 is 5.91 Å². The summed E-state index contributed by atoms with van der Waals surface area (Å²) >= 11 is 0. The first kappa shape index (κ1) is 14.5. The minimum absolute atomic E-state index is 0.00215. The number of carbonyl (C=O) groups excluding carboxylic acids is 1. The van der Waals surface area contributed by atoms with Crippen LogP contribution in [0.5, 0.6) is 0 Å². The number of hydrogen-bond donors (Lipinski definition) is 2. The SMILES string of the molecule is CC(C)CC(N)C(=O)NCC1CCCCN1C. The number of likely N-dealkylation sites (N-methyl/N-ethyl adjacent to an activating group) is 1. The van der Waals surface area contributed by atoms with E-state index in [0.29, 0.717) is 12.0 Å². The molecule has 2 atom stereocenters. The van der Waals surface area contributed by atoms with Gasteiger partial charge in [0.15, 0.2) is 0 Å². The molecule has 0 aromatic heterocycles. The van der Waals surface area contributed by atoms with E-state index in [1.165, 1.54) is 19.3 Å². The van der Waals surface area contributed by atoms with E-state index in [2.05, 4.69) is 31.1 Å². The molecule has 2 unspecified atom stereocenters. The summed E-state index contributed by atoms with van der Waals surface area (Å²) < 4.78 is 0. The molecule has 1 heterocycles. The molecule has 0 bridgehead atoms. The number of likely N-dealkylation sites (tertiary alicyclic amines) is 1. The summed E-state index contributed by atoms with van der Waals surface area (Å²) in [7, 11) is 2.13. The van der Waals surface area contributed by atoms with Crippen molar-refractivity contribution in [2.24, 2.45) is 11.7 Å². The Morgan fingerprint density at radius 3 is 2.76 bits per heavy atom. The van der Waals surface area contributed by atoms with E-state index in [0.717, 1.165) is 19.5 Å². The maximum Gasteiger partial charge on any atom is 0.236 e. The van der Waals surface area contributed by atoms with E-state index in [9.17, 15) is 4.79 Å². The summed E-state index contributed by atoms with van der Waals surface area (Å²) in [6.45, 7) is 6.05. The normalized spacial score (nSPS) is 23.7. The van der Waals surface area contributed by atoms with Gasteiger partial charge in [0.05, 0.1) is 6.04 Å². The standard InChI is InChI=1S/C13H27N3O/c1-10(2)8-12(14)13(17)15-9-11-6-4-5-7-16(11)3/h10-12H,4-9,14H2,1-3H3,(H,15,17). The third-order valence-corrected chi connectivity index (χ3v) is 3.50. The van der Waals surface area contributed by atoms with Crippen LogP contribution in [0.2, 0.25) is 0 Å². The van der Waals surface area contributed by atoms with E-state index in [1.54, 1.807) is 0 Å². The maximum absolute atomic E-state index is 11.8. The Morgan fingerprint density at radius 2 is 2.18 bits per heavy atom. The van der Waals surface area contributed by atoms with Crippen molar-refractivity contribution in [1.82, 2.24) is 10.2 Å². The lowest BCUT2D eigenvalue weighted by Crippen LogP contribution is -2.48. The van der Waals surface area contributed by atoms with E-state index in [1.807, 2.05) is 0 Å². The van der Waals surface area contributed by atoms with Gasteiger partial charge in [0.25, 0.3) is 0 Å². The molecule has 0 aromatic carbocycles. The van der Waals surface area contributed by atoms with Crippen LogP contribution in [-0.4, -0.2) is 43.0 Å². The van der Waals surface area contributed by atoms with Crippen molar-refractivity contribution in [2.75, 3.05) is 20.1 Å². The van der Waals surface area contributed by atoms with Crippen LogP contribution in [0.4, 0.5) is 0 Å². The third-order valence-electron chi connectivity index (χ3n) is 3.50. The average Bonchev–Trinajstić information content (AvgIpc) is 2.26. The molecule has 1 aliphatic heterocycles. The topological polar surface area (TPSA) is 58.4 Å². The van der Waals surface area contributed by atoms with Gasteiger partial charge in [-0.3, -0.25) is 4.79 Å². The predicted octanol–water partition coefficient (Wildman–Crippen LogP) is 0.960. The number of amides is 1. The molecule has 1 amide bonds. The van der Waals surface area contributed by atoms with Crippen LogP contribution in [0.15, 0.2) is 0 Å². The van der Waals surface area contributed by atoms with E-state index in [-0.39, 0.29) is 11.9 Å². The molecular weight excluding hydrogens is 214 g/mol. The predicted molar refractivity (Wildman–Crippen MR) is 70.7 cm³/mol. The molecule has 0 aliphatic carbocycles. The van der Waals surface area contributed by atoms with Gasteiger partial charge in [-0.1, -0.05) is 20.3 Å². The number of nitrogens with one attached hydrogen (secondary N) is 1. The fourth-order valence-corrected chi connectivity index (χ4v) is 2.37. The Labute approximate surface area is 105 Å². The summed E-state index contributed by atoms with van der Waals surface area (Å²) in [4.78, 5) is 14.1. The highest BCUT2D eigenvalue weighted by Crippen LogP contribution is 2.14. The second kappa shape index (κ2) is 6.97. The molecular formula is C13H27N3O. The van der Waals surface area contributed by atoms with Gasteiger partial charge < -0.3 is 16.0 Å². The molecule has 100 valence electrons. The fourth-order valence-electron chi connectivity index (χ4n) is 2.37. The van der Waals surface area contributed by atoms with Crippen molar-refractivity contribution in [2.45, 2.75) is 51.6 Å². The second-order valence-corrected chi connectivity index (χ2v) is 5.61. The lowest BCUT2D eigenvalue weighted by atomic mass is 10.0. The van der Waals surface area contributed by atoms with Crippen LogP contribution in [0.3, 0.4) is 0 Å². The van der Waals surface area contributed by atoms with Gasteiger partial charge >= 0.3 is 0 Å². The molecule has 1 fully saturated rings. The summed E-state index contributed by atoms with van der Waals surface area (Å²) in [5, 5.41) is 2.98. The number of nitrogens with two attached hydrogens (primary N) is 1. The average molecular weight is 241 g/mol. The quantitative estimate of drug-likeness (QED) is 0.754.